The molecule has 7 heteroatoms. The second-order valence-corrected chi connectivity index (χ2v) is 6.12. The number of carbonyl (C=O) groups is 2. The van der Waals surface area contributed by atoms with Crippen LogP contribution in [0.1, 0.15) is 16.8 Å². The van der Waals surface area contributed by atoms with E-state index in [1.807, 2.05) is 18.2 Å². The van der Waals surface area contributed by atoms with Crippen molar-refractivity contribution in [1.29, 1.82) is 0 Å². The van der Waals surface area contributed by atoms with Gasteiger partial charge < -0.3 is 24.4 Å². The largest absolute Gasteiger partial charge is 0.497 e. The van der Waals surface area contributed by atoms with E-state index in [2.05, 4.69) is 5.32 Å². The predicted molar refractivity (Wildman–Crippen MR) is 101 cm³/mol. The van der Waals surface area contributed by atoms with Crippen molar-refractivity contribution in [2.45, 2.75) is 12.5 Å². The average molecular weight is 370 g/mol. The maximum absolute atomic E-state index is 12.7. The molecule has 0 bridgehead atoms. The minimum absolute atomic E-state index is 0.0499. The van der Waals surface area contributed by atoms with Crippen LogP contribution in [0, 0.1) is 0 Å². The van der Waals surface area contributed by atoms with E-state index in [-0.39, 0.29) is 24.3 Å². The van der Waals surface area contributed by atoms with Crippen LogP contribution in [0.4, 0.5) is 5.69 Å². The first kappa shape index (κ1) is 18.6. The van der Waals surface area contributed by atoms with E-state index in [0.29, 0.717) is 29.4 Å². The lowest BCUT2D eigenvalue weighted by atomic mass is 10.1. The number of methoxy groups -OCH3 is 3. The van der Waals surface area contributed by atoms with Gasteiger partial charge >= 0.3 is 0 Å². The third kappa shape index (κ3) is 3.81. The minimum atomic E-state index is -0.309. The van der Waals surface area contributed by atoms with Crippen LogP contribution in [0.5, 0.6) is 17.2 Å². The maximum Gasteiger partial charge on any atom is 0.255 e. The van der Waals surface area contributed by atoms with Crippen molar-refractivity contribution in [3.8, 4) is 17.2 Å². The quantitative estimate of drug-likeness (QED) is 0.844. The van der Waals surface area contributed by atoms with Gasteiger partial charge in [0.25, 0.3) is 5.91 Å². The van der Waals surface area contributed by atoms with Gasteiger partial charge in [-0.2, -0.15) is 0 Å². The van der Waals surface area contributed by atoms with Gasteiger partial charge in [-0.1, -0.05) is 12.1 Å². The van der Waals surface area contributed by atoms with Gasteiger partial charge in [0.15, 0.2) is 11.5 Å². The molecule has 0 saturated carbocycles. The maximum atomic E-state index is 12.7. The van der Waals surface area contributed by atoms with Crippen LogP contribution < -0.4 is 24.4 Å². The Morgan fingerprint density at radius 2 is 1.85 bits per heavy atom. The molecule has 1 aliphatic rings. The number of carbonyl (C=O) groups excluding carboxylic acids is 2. The van der Waals surface area contributed by atoms with E-state index in [1.165, 1.54) is 14.2 Å². The zero-order chi connectivity index (χ0) is 19.4. The summed E-state index contributed by atoms with van der Waals surface area (Å²) in [5.74, 6) is 1.16. The summed E-state index contributed by atoms with van der Waals surface area (Å²) >= 11 is 0. The van der Waals surface area contributed by atoms with Crippen LogP contribution in [0.2, 0.25) is 0 Å². The van der Waals surface area contributed by atoms with E-state index in [0.717, 1.165) is 5.69 Å². The van der Waals surface area contributed by atoms with E-state index >= 15 is 0 Å². The number of benzene rings is 2. The van der Waals surface area contributed by atoms with Crippen LogP contribution in [0.25, 0.3) is 0 Å². The third-order valence-corrected chi connectivity index (χ3v) is 4.47. The van der Waals surface area contributed by atoms with Gasteiger partial charge in [-0.05, 0) is 24.3 Å². The molecule has 27 heavy (non-hydrogen) atoms. The van der Waals surface area contributed by atoms with E-state index in [1.54, 1.807) is 36.3 Å². The number of rotatable bonds is 6. The van der Waals surface area contributed by atoms with Gasteiger partial charge in [0.1, 0.15) is 5.75 Å². The lowest BCUT2D eigenvalue weighted by Gasteiger charge is -2.18. The number of hydrogen-bond acceptors (Lipinski definition) is 5. The molecule has 1 aliphatic heterocycles. The summed E-state index contributed by atoms with van der Waals surface area (Å²) < 4.78 is 15.8. The Balaban J connectivity index is 1.74. The summed E-state index contributed by atoms with van der Waals surface area (Å²) in [5.41, 5.74) is 1.11. The molecule has 0 radical (unpaired) electrons. The predicted octanol–water partition coefficient (Wildman–Crippen LogP) is 2.25. The topological polar surface area (TPSA) is 77.1 Å². The SMILES string of the molecule is COc1cccc(N2C[C@H](NC(=O)c3cccc(OC)c3OC)CC2=O)c1. The molecule has 3 rings (SSSR count). The first-order valence-electron chi connectivity index (χ1n) is 8.53. The Morgan fingerprint density at radius 1 is 1.07 bits per heavy atom. The highest BCUT2D eigenvalue weighted by Crippen LogP contribution is 2.31. The molecule has 1 heterocycles. The molecule has 2 aromatic rings. The molecule has 1 saturated heterocycles. The highest BCUT2D eigenvalue weighted by atomic mass is 16.5. The summed E-state index contributed by atoms with van der Waals surface area (Å²) in [5, 5.41) is 2.91. The number of ether oxygens (including phenoxy) is 3. The van der Waals surface area contributed by atoms with Crippen molar-refractivity contribution in [2.75, 3.05) is 32.8 Å². The van der Waals surface area contributed by atoms with Crippen LogP contribution in [0.3, 0.4) is 0 Å². The summed E-state index contributed by atoms with van der Waals surface area (Å²) in [7, 11) is 4.58. The van der Waals surface area contributed by atoms with Gasteiger partial charge in [-0.3, -0.25) is 9.59 Å². The fourth-order valence-electron chi connectivity index (χ4n) is 3.16. The zero-order valence-electron chi connectivity index (χ0n) is 15.5. The fourth-order valence-corrected chi connectivity index (χ4v) is 3.16. The van der Waals surface area contributed by atoms with E-state index < -0.39 is 0 Å². The summed E-state index contributed by atoms with van der Waals surface area (Å²) in [6, 6.07) is 12.1. The first-order chi connectivity index (χ1) is 13.1. The Bertz CT molecular complexity index is 852. The molecular formula is C20H22N2O5. The third-order valence-electron chi connectivity index (χ3n) is 4.47. The average Bonchev–Trinajstić information content (AvgIpc) is 3.07. The van der Waals surface area contributed by atoms with Crippen LogP contribution >= 0.6 is 0 Å². The number of hydrogen-bond donors (Lipinski definition) is 1. The van der Waals surface area contributed by atoms with E-state index in [9.17, 15) is 9.59 Å². The Hall–Kier alpha value is -3.22. The number of amides is 2. The molecule has 2 amide bonds. The van der Waals surface area contributed by atoms with Crippen LogP contribution in [0.15, 0.2) is 42.5 Å². The van der Waals surface area contributed by atoms with Gasteiger partial charge in [-0.25, -0.2) is 0 Å². The Kier molecular flexibility index (Phi) is 5.49. The van der Waals surface area contributed by atoms with Crippen molar-refractivity contribution in [3.05, 3.63) is 48.0 Å². The zero-order valence-corrected chi connectivity index (χ0v) is 15.5. The molecule has 142 valence electrons. The molecule has 0 aromatic heterocycles. The molecule has 0 aliphatic carbocycles. The molecule has 7 nitrogen and oxygen atoms in total. The molecule has 1 N–H and O–H groups in total. The minimum Gasteiger partial charge on any atom is -0.497 e. The smallest absolute Gasteiger partial charge is 0.255 e. The monoisotopic (exact) mass is 370 g/mol. The van der Waals surface area contributed by atoms with Gasteiger partial charge in [0.2, 0.25) is 5.91 Å². The molecule has 2 aromatic carbocycles. The number of para-hydroxylation sites is 1. The van der Waals surface area contributed by atoms with Crippen molar-refractivity contribution < 1.29 is 23.8 Å². The van der Waals surface area contributed by atoms with Crippen molar-refractivity contribution in [3.63, 3.8) is 0 Å². The van der Waals surface area contributed by atoms with Crippen molar-refractivity contribution in [1.82, 2.24) is 5.32 Å². The standard InChI is InChI=1S/C20H22N2O5/c1-25-15-7-4-6-14(11-15)22-12-13(10-18(22)23)21-20(24)16-8-5-9-17(26-2)19(16)27-3/h4-9,11,13H,10,12H2,1-3H3,(H,21,24)/t13-/m1/s1. The highest BCUT2D eigenvalue weighted by molar-refractivity contribution is 6.00. The van der Waals surface area contributed by atoms with Crippen LogP contribution in [-0.2, 0) is 4.79 Å². The molecule has 0 unspecified atom stereocenters. The van der Waals surface area contributed by atoms with Crippen molar-refractivity contribution in [2.24, 2.45) is 0 Å². The van der Waals surface area contributed by atoms with Crippen LogP contribution in [-0.4, -0.2) is 45.7 Å². The van der Waals surface area contributed by atoms with Gasteiger partial charge in [-0.15, -0.1) is 0 Å². The van der Waals surface area contributed by atoms with Gasteiger partial charge in [0.05, 0.1) is 32.9 Å². The lowest BCUT2D eigenvalue weighted by molar-refractivity contribution is -0.117. The Labute approximate surface area is 157 Å². The number of nitrogens with zero attached hydrogens (tertiary/aromatic N) is 1. The molecule has 1 atom stereocenters. The normalized spacial score (nSPS) is 16.2. The van der Waals surface area contributed by atoms with E-state index in [4.69, 9.17) is 14.2 Å². The number of anilines is 1. The number of nitrogens with one attached hydrogen (secondary N) is 1. The summed E-state index contributed by atoms with van der Waals surface area (Å²) in [4.78, 5) is 26.8. The van der Waals surface area contributed by atoms with Crippen molar-refractivity contribution >= 4 is 17.5 Å². The second kappa shape index (κ2) is 7.99. The first-order valence-corrected chi connectivity index (χ1v) is 8.53. The molecule has 0 spiro atoms. The highest BCUT2D eigenvalue weighted by Gasteiger charge is 2.32. The summed E-state index contributed by atoms with van der Waals surface area (Å²) in [6.45, 7) is 0.393. The Morgan fingerprint density at radius 3 is 2.56 bits per heavy atom. The van der Waals surface area contributed by atoms with Gasteiger partial charge in [0, 0.05) is 24.7 Å². The molecular weight excluding hydrogens is 348 g/mol. The molecule has 1 fully saturated rings. The lowest BCUT2D eigenvalue weighted by Crippen LogP contribution is -2.37. The fraction of sp³-hybridized carbons (Fsp3) is 0.300. The second-order valence-electron chi connectivity index (χ2n) is 6.12. The summed E-state index contributed by atoms with van der Waals surface area (Å²) in [6.07, 6.45) is 0.231.